The van der Waals surface area contributed by atoms with Gasteiger partial charge in [0, 0.05) is 16.8 Å². The molecule has 12 heteroatoms. The molecule has 1 amide bonds. The number of phenolic OH excluding ortho intramolecular Hbond substituents is 1. The summed E-state index contributed by atoms with van der Waals surface area (Å²) in [6.07, 6.45) is 0. The van der Waals surface area contributed by atoms with Crippen molar-refractivity contribution in [3.8, 4) is 28.4 Å². The van der Waals surface area contributed by atoms with Gasteiger partial charge in [-0.15, -0.1) is 0 Å². The van der Waals surface area contributed by atoms with Crippen molar-refractivity contribution in [3.63, 3.8) is 0 Å². The first kappa shape index (κ1) is 32.5. The Kier molecular flexibility index (Phi) is 9.43. The summed E-state index contributed by atoms with van der Waals surface area (Å²) in [5.41, 5.74) is 2.64. The summed E-state index contributed by atoms with van der Waals surface area (Å²) in [6, 6.07) is 26.1. The molecule has 47 heavy (non-hydrogen) atoms. The van der Waals surface area contributed by atoms with Crippen LogP contribution in [0.1, 0.15) is 31.8 Å². The minimum atomic E-state index is -4.35. The number of amides is 1. The second-order valence-electron chi connectivity index (χ2n) is 10.4. The maximum atomic E-state index is 15.4. The Hall–Kier alpha value is -5.88. The number of hydrogen-bond acceptors (Lipinski definition) is 7. The van der Waals surface area contributed by atoms with Gasteiger partial charge in [0.1, 0.15) is 29.4 Å². The third-order valence-corrected chi connectivity index (χ3v) is 8.54. The van der Waals surface area contributed by atoms with Gasteiger partial charge in [0.2, 0.25) is 0 Å². The lowest BCUT2D eigenvalue weighted by Crippen LogP contribution is -2.16. The second kappa shape index (κ2) is 13.6. The van der Waals surface area contributed by atoms with Gasteiger partial charge in [-0.25, -0.2) is 17.6 Å². The van der Waals surface area contributed by atoms with E-state index in [0.29, 0.717) is 22.6 Å². The summed E-state index contributed by atoms with van der Waals surface area (Å²) in [7, 11) is -3.10. The van der Waals surface area contributed by atoms with Crippen LogP contribution < -0.4 is 19.5 Å². The number of halogens is 1. The van der Waals surface area contributed by atoms with Crippen LogP contribution in [-0.4, -0.2) is 37.6 Å². The molecular formula is C35H29FN2O8S. The van der Waals surface area contributed by atoms with E-state index >= 15 is 4.39 Å². The van der Waals surface area contributed by atoms with Gasteiger partial charge < -0.3 is 25.0 Å². The Morgan fingerprint density at radius 2 is 1.57 bits per heavy atom. The summed E-state index contributed by atoms with van der Waals surface area (Å²) in [6.45, 7) is 1.53. The number of methoxy groups -OCH3 is 1. The van der Waals surface area contributed by atoms with Crippen LogP contribution in [0.15, 0.2) is 108 Å². The van der Waals surface area contributed by atoms with Crippen LogP contribution in [0.5, 0.6) is 17.2 Å². The second-order valence-corrected chi connectivity index (χ2v) is 12.1. The number of nitrogens with one attached hydrogen (secondary N) is 2. The van der Waals surface area contributed by atoms with Crippen molar-refractivity contribution >= 4 is 33.3 Å². The maximum Gasteiger partial charge on any atom is 0.339 e. The minimum Gasteiger partial charge on any atom is -0.508 e. The molecule has 0 fully saturated rings. The van der Waals surface area contributed by atoms with Gasteiger partial charge in [0.05, 0.1) is 17.7 Å². The lowest BCUT2D eigenvalue weighted by atomic mass is 10.0. The topological polar surface area (TPSA) is 151 Å². The van der Waals surface area contributed by atoms with E-state index in [1.165, 1.54) is 31.4 Å². The zero-order valence-electron chi connectivity index (χ0n) is 25.2. The van der Waals surface area contributed by atoms with Crippen molar-refractivity contribution in [3.05, 3.63) is 131 Å². The summed E-state index contributed by atoms with van der Waals surface area (Å²) in [5.74, 6) is -2.03. The number of benzene rings is 5. The molecule has 0 radical (unpaired) electrons. The number of carboxylic acid groups (broad SMARTS) is 1. The molecule has 240 valence electrons. The molecule has 0 aliphatic carbocycles. The molecule has 10 nitrogen and oxygen atoms in total. The minimum absolute atomic E-state index is 0.0239. The highest BCUT2D eigenvalue weighted by Gasteiger charge is 2.22. The smallest absolute Gasteiger partial charge is 0.339 e. The van der Waals surface area contributed by atoms with Crippen LogP contribution in [0.2, 0.25) is 0 Å². The van der Waals surface area contributed by atoms with E-state index in [1.54, 1.807) is 67.6 Å². The lowest BCUT2D eigenvalue weighted by Gasteiger charge is -2.14. The molecule has 0 saturated carbocycles. The fourth-order valence-electron chi connectivity index (χ4n) is 4.74. The molecule has 0 aliphatic heterocycles. The molecule has 5 aromatic rings. The number of ether oxygens (including phenoxy) is 2. The highest BCUT2D eigenvalue weighted by atomic mass is 32.2. The predicted octanol–water partition coefficient (Wildman–Crippen LogP) is 6.85. The van der Waals surface area contributed by atoms with E-state index < -0.39 is 21.8 Å². The van der Waals surface area contributed by atoms with Crippen molar-refractivity contribution < 1.29 is 42.1 Å². The third kappa shape index (κ3) is 7.51. The molecule has 0 heterocycles. The number of sulfonamides is 1. The fourth-order valence-corrected chi connectivity index (χ4v) is 5.82. The number of phenols is 1. The number of carbonyl (C=O) groups excluding carboxylic acids is 1. The van der Waals surface area contributed by atoms with Crippen molar-refractivity contribution in [1.82, 2.24) is 0 Å². The van der Waals surface area contributed by atoms with Gasteiger partial charge in [-0.2, -0.15) is 0 Å². The lowest BCUT2D eigenvalue weighted by molar-refractivity contribution is 0.0692. The van der Waals surface area contributed by atoms with Crippen molar-refractivity contribution in [2.45, 2.75) is 18.4 Å². The Morgan fingerprint density at radius 1 is 0.851 bits per heavy atom. The number of aryl methyl sites for hydroxylation is 1. The average Bonchev–Trinajstić information content (AvgIpc) is 3.05. The van der Waals surface area contributed by atoms with Crippen molar-refractivity contribution in [2.24, 2.45) is 0 Å². The Balaban J connectivity index is 1.25. The summed E-state index contributed by atoms with van der Waals surface area (Å²) < 4.78 is 54.3. The van der Waals surface area contributed by atoms with E-state index in [1.807, 2.05) is 6.07 Å². The molecule has 0 aliphatic rings. The largest absolute Gasteiger partial charge is 0.508 e. The summed E-state index contributed by atoms with van der Waals surface area (Å²) in [4.78, 5) is 24.1. The summed E-state index contributed by atoms with van der Waals surface area (Å²) >= 11 is 0. The molecule has 0 atom stereocenters. The first-order valence-electron chi connectivity index (χ1n) is 14.1. The number of aromatic carboxylic acids is 1. The number of hydrogen-bond donors (Lipinski definition) is 4. The first-order valence-corrected chi connectivity index (χ1v) is 15.6. The van der Waals surface area contributed by atoms with Gasteiger partial charge in [0.15, 0.2) is 5.82 Å². The van der Waals surface area contributed by atoms with E-state index in [0.717, 1.165) is 23.3 Å². The van der Waals surface area contributed by atoms with Gasteiger partial charge in [0.25, 0.3) is 15.9 Å². The molecule has 4 N–H and O–H groups in total. The number of aromatic hydroxyl groups is 1. The van der Waals surface area contributed by atoms with Crippen LogP contribution in [-0.2, 0) is 16.6 Å². The van der Waals surface area contributed by atoms with Crippen molar-refractivity contribution in [1.29, 1.82) is 0 Å². The SMILES string of the molecule is COc1ccc(S(=O)(=O)Nc2cccc(COc3ccc(NC(=O)c4cccc(-c5ccc(O)cc5)c4)cc3C)c2F)cc1C(=O)O. The van der Waals surface area contributed by atoms with Gasteiger partial charge in [-0.3, -0.25) is 9.52 Å². The van der Waals surface area contributed by atoms with Crippen molar-refractivity contribution in [2.75, 3.05) is 17.1 Å². The van der Waals surface area contributed by atoms with Gasteiger partial charge in [-0.1, -0.05) is 36.4 Å². The standard InChI is InChI=1S/C35H29FN2O8S/c1-21-17-26(37-34(40)24-6-3-5-23(18-24)22-9-12-27(39)13-10-22)11-15-31(21)46-20-25-7-4-8-30(33(25)36)38-47(43,44)28-14-16-32(45-2)29(19-28)35(41)42/h3-19,38-39H,20H2,1-2H3,(H,37,40)(H,41,42). The molecule has 0 unspecified atom stereocenters. The van der Waals surface area contributed by atoms with Crippen LogP contribution >= 0.6 is 0 Å². The Bertz CT molecular complexity index is 2080. The highest BCUT2D eigenvalue weighted by molar-refractivity contribution is 7.92. The van der Waals surface area contributed by atoms with E-state index in [2.05, 4.69) is 10.0 Å². The summed E-state index contributed by atoms with van der Waals surface area (Å²) in [5, 5.41) is 21.8. The third-order valence-electron chi connectivity index (χ3n) is 7.18. The maximum absolute atomic E-state index is 15.4. The highest BCUT2D eigenvalue weighted by Crippen LogP contribution is 2.29. The van der Waals surface area contributed by atoms with Crippen LogP contribution in [0.3, 0.4) is 0 Å². The zero-order valence-corrected chi connectivity index (χ0v) is 26.0. The molecule has 0 bridgehead atoms. The number of anilines is 2. The average molecular weight is 657 g/mol. The monoisotopic (exact) mass is 656 g/mol. The molecule has 0 saturated heterocycles. The van der Waals surface area contributed by atoms with E-state index in [4.69, 9.17) is 9.47 Å². The molecule has 0 spiro atoms. The van der Waals surface area contributed by atoms with Crippen LogP contribution in [0.25, 0.3) is 11.1 Å². The first-order chi connectivity index (χ1) is 22.4. The van der Waals surface area contributed by atoms with Crippen LogP contribution in [0.4, 0.5) is 15.8 Å². The Morgan fingerprint density at radius 3 is 2.28 bits per heavy atom. The van der Waals surface area contributed by atoms with E-state index in [9.17, 15) is 28.2 Å². The molecule has 5 aromatic carbocycles. The van der Waals surface area contributed by atoms with E-state index in [-0.39, 0.29) is 45.7 Å². The molecule has 0 aromatic heterocycles. The fraction of sp³-hybridized carbons (Fsp3) is 0.0857. The number of carbonyl (C=O) groups is 2. The molecule has 5 rings (SSSR count). The molecular weight excluding hydrogens is 627 g/mol. The normalized spacial score (nSPS) is 11.0. The van der Waals surface area contributed by atoms with Crippen LogP contribution in [0, 0.1) is 12.7 Å². The van der Waals surface area contributed by atoms with Gasteiger partial charge >= 0.3 is 5.97 Å². The quantitative estimate of drug-likeness (QED) is 0.121. The number of rotatable bonds is 11. The van der Waals surface area contributed by atoms with Gasteiger partial charge in [-0.05, 0) is 90.3 Å². The Labute approximate surface area is 270 Å². The predicted molar refractivity (Wildman–Crippen MR) is 174 cm³/mol. The number of carboxylic acids is 1. The zero-order chi connectivity index (χ0) is 33.7.